The van der Waals surface area contributed by atoms with Crippen LogP contribution in [0, 0.1) is 11.8 Å². The van der Waals surface area contributed by atoms with Gasteiger partial charge in [0.05, 0.1) is 24.1 Å². The molecule has 0 saturated heterocycles. The summed E-state index contributed by atoms with van der Waals surface area (Å²) >= 11 is 0. The van der Waals surface area contributed by atoms with E-state index >= 15 is 0 Å². The number of rotatable bonds is 14. The summed E-state index contributed by atoms with van der Waals surface area (Å²) < 4.78 is 10.6. The van der Waals surface area contributed by atoms with Crippen LogP contribution in [0.3, 0.4) is 0 Å². The van der Waals surface area contributed by atoms with E-state index in [-0.39, 0.29) is 5.91 Å². The van der Waals surface area contributed by atoms with Crippen molar-refractivity contribution in [1.29, 1.82) is 0 Å². The van der Waals surface area contributed by atoms with Crippen molar-refractivity contribution >= 4 is 40.4 Å². The lowest BCUT2D eigenvalue weighted by atomic mass is 10.1. The molecule has 1 atom stereocenters. The molecule has 0 aliphatic carbocycles. The molecular weight excluding hydrogens is 576 g/mol. The lowest BCUT2D eigenvalue weighted by Crippen LogP contribution is -2.47. The maximum Gasteiger partial charge on any atom is 0.410 e. The maximum atomic E-state index is 12.5. The third-order valence-corrected chi connectivity index (χ3v) is 6.67. The third-order valence-electron chi connectivity index (χ3n) is 6.67. The fraction of sp³-hybridized carbons (Fsp3) is 0.531. The number of hydrogen-bond donors (Lipinski definition) is 3. The molecule has 0 fully saturated rings. The van der Waals surface area contributed by atoms with Gasteiger partial charge < -0.3 is 30.3 Å². The Morgan fingerprint density at radius 3 is 2.64 bits per heavy atom. The molecule has 0 aliphatic heterocycles. The number of unbranched alkanes of at least 4 members (excludes halogenated alkanes) is 1. The number of amides is 2. The molecule has 3 rings (SSSR count). The average Bonchev–Trinajstić information content (AvgIpc) is 3.36. The maximum absolute atomic E-state index is 12.5. The second-order valence-corrected chi connectivity index (χ2v) is 11.4. The molecule has 2 aromatic heterocycles. The first-order valence-electron chi connectivity index (χ1n) is 15.1. The summed E-state index contributed by atoms with van der Waals surface area (Å²) in [5.41, 5.74) is 2.59. The zero-order valence-corrected chi connectivity index (χ0v) is 27.6. The van der Waals surface area contributed by atoms with Crippen LogP contribution in [0.5, 0.6) is 0 Å². The summed E-state index contributed by atoms with van der Waals surface area (Å²) in [5.74, 6) is 7.13. The van der Waals surface area contributed by atoms with Gasteiger partial charge in [-0.3, -0.25) is 9.69 Å². The van der Waals surface area contributed by atoms with E-state index in [0.717, 1.165) is 35.2 Å². The van der Waals surface area contributed by atoms with E-state index < -0.39 is 17.7 Å². The number of likely N-dealkylation sites (N-methyl/N-ethyl adjacent to an activating group) is 1. The highest BCUT2D eigenvalue weighted by Gasteiger charge is 2.26. The number of nitrogens with one attached hydrogen (secondary N) is 3. The summed E-state index contributed by atoms with van der Waals surface area (Å²) in [6, 6.07) is 5.19. The number of methoxy groups -OCH3 is 1. The van der Waals surface area contributed by atoms with Gasteiger partial charge in [-0.15, -0.1) is 5.10 Å². The number of hydrogen-bond acceptors (Lipinski definition) is 10. The topological polar surface area (TPSA) is 145 Å². The largest absolute Gasteiger partial charge is 0.444 e. The molecule has 0 spiro atoms. The van der Waals surface area contributed by atoms with Gasteiger partial charge in [-0.05, 0) is 58.7 Å². The highest BCUT2D eigenvalue weighted by atomic mass is 16.7. The number of nitrogens with zero attached hydrogens (tertiary/aromatic N) is 5. The van der Waals surface area contributed by atoms with Gasteiger partial charge in [0.2, 0.25) is 11.9 Å². The summed E-state index contributed by atoms with van der Waals surface area (Å²) in [6.45, 7) is 10.8. The lowest BCUT2D eigenvalue weighted by molar-refractivity contribution is -0.125. The second kappa shape index (κ2) is 16.5. The van der Waals surface area contributed by atoms with Gasteiger partial charge in [0, 0.05) is 51.2 Å². The third kappa shape index (κ3) is 10.2. The fourth-order valence-corrected chi connectivity index (χ4v) is 4.15. The monoisotopic (exact) mass is 622 g/mol. The molecule has 1 aromatic carbocycles. The van der Waals surface area contributed by atoms with Crippen LogP contribution in [0.15, 0.2) is 24.4 Å². The van der Waals surface area contributed by atoms with Crippen molar-refractivity contribution in [3.05, 3.63) is 35.7 Å². The van der Waals surface area contributed by atoms with E-state index in [1.807, 2.05) is 18.2 Å². The first-order chi connectivity index (χ1) is 21.5. The van der Waals surface area contributed by atoms with Gasteiger partial charge in [-0.1, -0.05) is 23.6 Å². The van der Waals surface area contributed by atoms with E-state index in [0.29, 0.717) is 49.7 Å². The van der Waals surface area contributed by atoms with Crippen molar-refractivity contribution in [2.75, 3.05) is 51.6 Å². The molecule has 2 amide bonds. The number of anilines is 3. The van der Waals surface area contributed by atoms with Gasteiger partial charge in [-0.25, -0.2) is 9.78 Å². The number of fused-ring (bicyclic) bond motifs is 1. The molecule has 0 radical (unpaired) electrons. The minimum absolute atomic E-state index is 0.253. The smallest absolute Gasteiger partial charge is 0.410 e. The first-order valence-corrected chi connectivity index (χ1v) is 15.1. The predicted octanol–water partition coefficient (Wildman–Crippen LogP) is 4.14. The molecule has 0 aliphatic rings. The summed E-state index contributed by atoms with van der Waals surface area (Å²) in [5, 5.41) is 15.0. The highest BCUT2D eigenvalue weighted by molar-refractivity contribution is 5.86. The molecule has 3 aromatic rings. The Balaban J connectivity index is 1.61. The number of benzene rings is 1. The van der Waals surface area contributed by atoms with Gasteiger partial charge >= 0.3 is 6.09 Å². The molecule has 13 heteroatoms. The van der Waals surface area contributed by atoms with Crippen molar-refractivity contribution in [1.82, 2.24) is 30.1 Å². The molecule has 3 N–H and O–H groups in total. The Morgan fingerprint density at radius 2 is 1.96 bits per heavy atom. The minimum atomic E-state index is -0.662. The van der Waals surface area contributed by atoms with E-state index in [2.05, 4.69) is 49.8 Å². The standard InChI is InChI=1S/C32H46N8O5/c1-9-17-33-28-23(13-11-10-12-18-34-29(41)22(2)39(6)31(42)45-32(3,4)5)21-35-30(37-28)36-24-14-15-27-25(20-24)26(16-19-43-7)38-40(27)44-8/h14-15,20-22H,9-10,12,16-19H2,1-8H3,(H,34,41)(H2,33,35,36,37)/t22-/m0/s1. The van der Waals surface area contributed by atoms with Crippen molar-refractivity contribution in [2.24, 2.45) is 0 Å². The lowest BCUT2D eigenvalue weighted by Gasteiger charge is -2.28. The summed E-state index contributed by atoms with van der Waals surface area (Å²) in [4.78, 5) is 42.1. The van der Waals surface area contributed by atoms with Gasteiger partial charge in [0.25, 0.3) is 0 Å². The van der Waals surface area contributed by atoms with Crippen LogP contribution in [-0.4, -0.2) is 89.4 Å². The SMILES string of the molecule is CCCNc1nc(Nc2ccc3c(c2)c(CCOC)nn3OC)ncc1C#CCCCNC(=O)[C@H](C)N(C)C(=O)OC(C)(C)C. The van der Waals surface area contributed by atoms with Gasteiger partial charge in [0.1, 0.15) is 30.1 Å². The molecule has 45 heavy (non-hydrogen) atoms. The van der Waals surface area contributed by atoms with Crippen LogP contribution in [-0.2, 0) is 20.7 Å². The van der Waals surface area contributed by atoms with E-state index in [4.69, 9.17) is 14.3 Å². The number of aromatic nitrogens is 4. The quantitative estimate of drug-likeness (QED) is 0.177. The van der Waals surface area contributed by atoms with Crippen LogP contribution >= 0.6 is 0 Å². The van der Waals surface area contributed by atoms with Crippen LogP contribution in [0.2, 0.25) is 0 Å². The number of carbonyl (C=O) groups is 2. The van der Waals surface area contributed by atoms with Crippen molar-refractivity contribution < 1.29 is 23.9 Å². The second-order valence-electron chi connectivity index (χ2n) is 11.4. The normalized spacial score (nSPS) is 11.7. The van der Waals surface area contributed by atoms with Crippen LogP contribution in [0.25, 0.3) is 10.9 Å². The molecule has 2 heterocycles. The van der Waals surface area contributed by atoms with Gasteiger partial charge in [-0.2, -0.15) is 4.98 Å². The van der Waals surface area contributed by atoms with E-state index in [1.165, 1.54) is 9.75 Å². The average molecular weight is 623 g/mol. The molecule has 13 nitrogen and oxygen atoms in total. The number of ether oxygens (including phenoxy) is 2. The minimum Gasteiger partial charge on any atom is -0.444 e. The van der Waals surface area contributed by atoms with E-state index in [9.17, 15) is 9.59 Å². The summed E-state index contributed by atoms with van der Waals surface area (Å²) in [7, 11) is 4.79. The van der Waals surface area contributed by atoms with E-state index in [1.54, 1.807) is 55.2 Å². The Morgan fingerprint density at radius 1 is 1.18 bits per heavy atom. The van der Waals surface area contributed by atoms with Crippen molar-refractivity contribution in [2.45, 2.75) is 71.9 Å². The van der Waals surface area contributed by atoms with Gasteiger partial charge in [0.15, 0.2) is 0 Å². The Hall–Kier alpha value is -4.57. The molecule has 0 saturated carbocycles. The van der Waals surface area contributed by atoms with Crippen LogP contribution < -0.4 is 20.8 Å². The van der Waals surface area contributed by atoms with Crippen molar-refractivity contribution in [3.63, 3.8) is 0 Å². The number of carbonyl (C=O) groups excluding carboxylic acids is 2. The van der Waals surface area contributed by atoms with Crippen LogP contribution in [0.4, 0.5) is 22.2 Å². The first kappa shape index (κ1) is 34.9. The zero-order valence-electron chi connectivity index (χ0n) is 27.6. The van der Waals surface area contributed by atoms with Crippen LogP contribution in [0.1, 0.15) is 65.1 Å². The van der Waals surface area contributed by atoms with Crippen molar-refractivity contribution in [3.8, 4) is 11.8 Å². The molecule has 0 bridgehead atoms. The molecule has 244 valence electrons. The predicted molar refractivity (Wildman–Crippen MR) is 174 cm³/mol. The Kier molecular flexibility index (Phi) is 12.8. The molecule has 0 unspecified atom stereocenters. The Bertz CT molecular complexity index is 1500. The summed E-state index contributed by atoms with van der Waals surface area (Å²) in [6.07, 6.45) is 3.93. The molecular formula is C32H46N8O5. The fourth-order valence-electron chi connectivity index (χ4n) is 4.15. The highest BCUT2D eigenvalue weighted by Crippen LogP contribution is 2.25. The Labute approximate surface area is 265 Å². The zero-order chi connectivity index (χ0) is 33.0.